The number of likely N-dealkylation sites (tertiary alicyclic amines) is 1. The number of carbonyl (C=O) groups is 1. The van der Waals surface area contributed by atoms with Crippen LogP contribution < -0.4 is 0 Å². The zero-order chi connectivity index (χ0) is 16.2. The van der Waals surface area contributed by atoms with Gasteiger partial charge in [0.15, 0.2) is 0 Å². The van der Waals surface area contributed by atoms with Gasteiger partial charge >= 0.3 is 0 Å². The third kappa shape index (κ3) is 3.97. The first-order chi connectivity index (χ1) is 11.1. The van der Waals surface area contributed by atoms with E-state index < -0.39 is 0 Å². The Morgan fingerprint density at radius 3 is 2.78 bits per heavy atom. The SMILES string of the molecule is Cn1ccc(C(=O)N2CCC[C@@H](CCc3ccc(F)cc3)C2)n1. The minimum absolute atomic E-state index is 0.0251. The molecule has 3 rings (SSSR count). The monoisotopic (exact) mass is 315 g/mol. The van der Waals surface area contributed by atoms with Crippen molar-refractivity contribution in [2.75, 3.05) is 13.1 Å². The van der Waals surface area contributed by atoms with Crippen LogP contribution >= 0.6 is 0 Å². The van der Waals surface area contributed by atoms with Gasteiger partial charge < -0.3 is 4.90 Å². The number of benzene rings is 1. The van der Waals surface area contributed by atoms with Crippen molar-refractivity contribution in [3.05, 3.63) is 53.6 Å². The molecule has 0 radical (unpaired) electrons. The summed E-state index contributed by atoms with van der Waals surface area (Å²) in [7, 11) is 1.82. The molecule has 4 nitrogen and oxygen atoms in total. The molecule has 0 bridgehead atoms. The summed E-state index contributed by atoms with van der Waals surface area (Å²) in [5.41, 5.74) is 1.67. The van der Waals surface area contributed by atoms with Crippen molar-refractivity contribution in [1.82, 2.24) is 14.7 Å². The largest absolute Gasteiger partial charge is 0.337 e. The average molecular weight is 315 g/mol. The number of rotatable bonds is 4. The number of carbonyl (C=O) groups excluding carboxylic acids is 1. The summed E-state index contributed by atoms with van der Waals surface area (Å²) in [6.07, 6.45) is 5.93. The first-order valence-corrected chi connectivity index (χ1v) is 8.15. The van der Waals surface area contributed by atoms with Crippen molar-refractivity contribution in [3.8, 4) is 0 Å². The molecule has 0 saturated carbocycles. The van der Waals surface area contributed by atoms with Crippen LogP contribution in [0.1, 0.15) is 35.3 Å². The molecular weight excluding hydrogens is 293 g/mol. The molecule has 1 saturated heterocycles. The molecule has 1 aliphatic heterocycles. The molecule has 5 heteroatoms. The second kappa shape index (κ2) is 6.94. The quantitative estimate of drug-likeness (QED) is 0.870. The van der Waals surface area contributed by atoms with E-state index in [1.54, 1.807) is 16.9 Å². The number of aromatic nitrogens is 2. The number of nitrogens with zero attached hydrogens (tertiary/aromatic N) is 3. The van der Waals surface area contributed by atoms with Crippen LogP contribution in [0.2, 0.25) is 0 Å². The van der Waals surface area contributed by atoms with Gasteiger partial charge in [-0.15, -0.1) is 0 Å². The summed E-state index contributed by atoms with van der Waals surface area (Å²) in [5, 5.41) is 4.20. The summed E-state index contributed by atoms with van der Waals surface area (Å²) in [6.45, 7) is 1.60. The predicted molar refractivity (Wildman–Crippen MR) is 86.6 cm³/mol. The lowest BCUT2D eigenvalue weighted by Crippen LogP contribution is -2.40. The van der Waals surface area contributed by atoms with E-state index in [0.29, 0.717) is 11.6 Å². The zero-order valence-corrected chi connectivity index (χ0v) is 13.4. The van der Waals surface area contributed by atoms with Crippen LogP contribution in [0.4, 0.5) is 4.39 Å². The molecule has 0 N–H and O–H groups in total. The van der Waals surface area contributed by atoms with Gasteiger partial charge in [0.1, 0.15) is 11.5 Å². The van der Waals surface area contributed by atoms with Crippen LogP contribution in [0.15, 0.2) is 36.5 Å². The number of aryl methyl sites for hydroxylation is 2. The number of piperidine rings is 1. The van der Waals surface area contributed by atoms with Gasteiger partial charge in [-0.25, -0.2) is 4.39 Å². The van der Waals surface area contributed by atoms with E-state index in [-0.39, 0.29) is 11.7 Å². The molecule has 2 aromatic rings. The molecule has 1 fully saturated rings. The van der Waals surface area contributed by atoms with E-state index in [9.17, 15) is 9.18 Å². The first-order valence-electron chi connectivity index (χ1n) is 8.15. The van der Waals surface area contributed by atoms with E-state index in [0.717, 1.165) is 44.3 Å². The molecule has 2 heterocycles. The van der Waals surface area contributed by atoms with Gasteiger partial charge in [0.25, 0.3) is 5.91 Å². The van der Waals surface area contributed by atoms with Crippen molar-refractivity contribution in [2.45, 2.75) is 25.7 Å². The van der Waals surface area contributed by atoms with Crippen molar-refractivity contribution in [1.29, 1.82) is 0 Å². The highest BCUT2D eigenvalue weighted by atomic mass is 19.1. The molecule has 1 amide bonds. The molecule has 1 aromatic heterocycles. The van der Waals surface area contributed by atoms with Gasteiger partial charge in [-0.2, -0.15) is 5.10 Å². The Morgan fingerprint density at radius 2 is 2.09 bits per heavy atom. The van der Waals surface area contributed by atoms with Crippen LogP contribution in [-0.4, -0.2) is 33.7 Å². The molecule has 1 aromatic carbocycles. The fourth-order valence-corrected chi connectivity index (χ4v) is 3.20. The highest BCUT2D eigenvalue weighted by Crippen LogP contribution is 2.22. The van der Waals surface area contributed by atoms with Gasteiger partial charge in [0, 0.05) is 26.3 Å². The van der Waals surface area contributed by atoms with Gasteiger partial charge in [0.2, 0.25) is 0 Å². The van der Waals surface area contributed by atoms with Crippen LogP contribution in [-0.2, 0) is 13.5 Å². The third-order valence-electron chi connectivity index (χ3n) is 4.49. The summed E-state index contributed by atoms with van der Waals surface area (Å²) in [5.74, 6) is 0.331. The Bertz CT molecular complexity index is 665. The highest BCUT2D eigenvalue weighted by molar-refractivity contribution is 5.92. The lowest BCUT2D eigenvalue weighted by Gasteiger charge is -2.32. The third-order valence-corrected chi connectivity index (χ3v) is 4.49. The zero-order valence-electron chi connectivity index (χ0n) is 13.4. The Kier molecular flexibility index (Phi) is 4.74. The van der Waals surface area contributed by atoms with Crippen molar-refractivity contribution < 1.29 is 9.18 Å². The van der Waals surface area contributed by atoms with Gasteiger partial charge in [-0.3, -0.25) is 9.48 Å². The molecular formula is C18H22FN3O. The van der Waals surface area contributed by atoms with Crippen LogP contribution in [0, 0.1) is 11.7 Å². The topological polar surface area (TPSA) is 38.1 Å². The van der Waals surface area contributed by atoms with E-state index >= 15 is 0 Å². The minimum Gasteiger partial charge on any atom is -0.337 e. The summed E-state index contributed by atoms with van der Waals surface area (Å²) in [6, 6.07) is 8.47. The summed E-state index contributed by atoms with van der Waals surface area (Å²) >= 11 is 0. The normalized spacial score (nSPS) is 18.2. The van der Waals surface area contributed by atoms with Crippen molar-refractivity contribution in [3.63, 3.8) is 0 Å². The molecule has 1 atom stereocenters. The maximum Gasteiger partial charge on any atom is 0.274 e. The fraction of sp³-hybridized carbons (Fsp3) is 0.444. The Morgan fingerprint density at radius 1 is 1.30 bits per heavy atom. The van der Waals surface area contributed by atoms with Crippen LogP contribution in [0.25, 0.3) is 0 Å². The predicted octanol–water partition coefficient (Wildman–Crippen LogP) is 3.04. The smallest absolute Gasteiger partial charge is 0.274 e. The van der Waals surface area contributed by atoms with Crippen molar-refractivity contribution >= 4 is 5.91 Å². The van der Waals surface area contributed by atoms with Gasteiger partial charge in [-0.1, -0.05) is 12.1 Å². The van der Waals surface area contributed by atoms with Crippen LogP contribution in [0.5, 0.6) is 0 Å². The Hall–Kier alpha value is -2.17. The Balaban J connectivity index is 1.55. The second-order valence-electron chi connectivity index (χ2n) is 6.30. The second-order valence-corrected chi connectivity index (χ2v) is 6.30. The standard InChI is InChI=1S/C18H22FN3O/c1-21-12-10-17(20-21)18(23)22-11-2-3-15(13-22)5-4-14-6-8-16(19)9-7-14/h6-10,12,15H,2-5,11,13H2,1H3/t15-/m0/s1. The number of hydrogen-bond donors (Lipinski definition) is 0. The van der Waals surface area contributed by atoms with E-state index in [4.69, 9.17) is 0 Å². The van der Waals surface area contributed by atoms with Gasteiger partial charge in [-0.05, 0) is 55.4 Å². The fourth-order valence-electron chi connectivity index (χ4n) is 3.20. The van der Waals surface area contributed by atoms with Crippen LogP contribution in [0.3, 0.4) is 0 Å². The maximum atomic E-state index is 12.9. The lowest BCUT2D eigenvalue weighted by atomic mass is 9.91. The molecule has 0 unspecified atom stereocenters. The number of hydrogen-bond acceptors (Lipinski definition) is 2. The van der Waals surface area contributed by atoms with E-state index in [1.165, 1.54) is 12.1 Å². The molecule has 1 aliphatic rings. The number of halogens is 1. The van der Waals surface area contributed by atoms with E-state index in [2.05, 4.69) is 5.10 Å². The average Bonchev–Trinajstić information content (AvgIpc) is 3.00. The summed E-state index contributed by atoms with van der Waals surface area (Å²) < 4.78 is 14.6. The molecule has 23 heavy (non-hydrogen) atoms. The lowest BCUT2D eigenvalue weighted by molar-refractivity contribution is 0.0661. The van der Waals surface area contributed by atoms with Crippen molar-refractivity contribution in [2.24, 2.45) is 13.0 Å². The first kappa shape index (κ1) is 15.7. The molecule has 0 aliphatic carbocycles. The van der Waals surface area contributed by atoms with E-state index in [1.807, 2.05) is 24.1 Å². The van der Waals surface area contributed by atoms with Gasteiger partial charge in [0.05, 0.1) is 0 Å². The maximum absolute atomic E-state index is 12.9. The molecule has 122 valence electrons. The Labute approximate surface area is 135 Å². The summed E-state index contributed by atoms with van der Waals surface area (Å²) in [4.78, 5) is 14.4. The molecule has 0 spiro atoms. The highest BCUT2D eigenvalue weighted by Gasteiger charge is 2.25. The minimum atomic E-state index is -0.196. The number of amides is 1.